The molecule has 41 heavy (non-hydrogen) atoms. The molecule has 0 aliphatic carbocycles. The molecule has 0 aliphatic rings. The molecule has 0 aliphatic heterocycles. The Bertz CT molecular complexity index is 1420. The molecule has 0 heterocycles. The fourth-order valence-corrected chi connectivity index (χ4v) is 5.73. The molecule has 0 saturated carbocycles. The molecule has 0 fully saturated rings. The van der Waals surface area contributed by atoms with E-state index in [2.05, 4.69) is 5.32 Å². The highest BCUT2D eigenvalue weighted by Crippen LogP contribution is 2.23. The quantitative estimate of drug-likeness (QED) is 0.281. The maximum absolute atomic E-state index is 13.9. The van der Waals surface area contributed by atoms with Gasteiger partial charge in [-0.3, -0.25) is 13.9 Å². The van der Waals surface area contributed by atoms with Gasteiger partial charge in [0, 0.05) is 32.5 Å². The predicted molar refractivity (Wildman–Crippen MR) is 166 cm³/mol. The van der Waals surface area contributed by atoms with E-state index in [0.717, 1.165) is 34.2 Å². The van der Waals surface area contributed by atoms with Crippen molar-refractivity contribution in [3.8, 4) is 0 Å². The van der Waals surface area contributed by atoms with Crippen LogP contribution in [0.5, 0.6) is 0 Å². The van der Waals surface area contributed by atoms with Gasteiger partial charge in [0.25, 0.3) is 0 Å². The summed E-state index contributed by atoms with van der Waals surface area (Å²) in [5.74, 6) is -0.375. The van der Waals surface area contributed by atoms with Crippen molar-refractivity contribution in [2.45, 2.75) is 66.0 Å². The third-order valence-electron chi connectivity index (χ3n) is 7.35. The first-order chi connectivity index (χ1) is 19.5. The summed E-state index contributed by atoms with van der Waals surface area (Å²) < 4.78 is 26.7. The number of nitrogens with one attached hydrogen (secondary N) is 1. The highest BCUT2D eigenvalue weighted by Gasteiger charge is 2.30. The van der Waals surface area contributed by atoms with Crippen molar-refractivity contribution >= 4 is 27.5 Å². The maximum atomic E-state index is 13.9. The second-order valence-corrected chi connectivity index (χ2v) is 12.6. The van der Waals surface area contributed by atoms with E-state index in [1.165, 1.54) is 10.6 Å². The van der Waals surface area contributed by atoms with Gasteiger partial charge >= 0.3 is 0 Å². The highest BCUT2D eigenvalue weighted by molar-refractivity contribution is 7.92. The number of hydrogen-bond donors (Lipinski definition) is 1. The second-order valence-electron chi connectivity index (χ2n) is 10.7. The number of amides is 2. The molecule has 0 radical (unpaired) electrons. The number of carbonyl (C=O) groups is 2. The largest absolute Gasteiger partial charge is 0.354 e. The van der Waals surface area contributed by atoms with E-state index >= 15 is 0 Å². The zero-order chi connectivity index (χ0) is 30.0. The van der Waals surface area contributed by atoms with E-state index in [9.17, 15) is 18.0 Å². The molecule has 7 nitrogen and oxygen atoms in total. The van der Waals surface area contributed by atoms with Crippen molar-refractivity contribution < 1.29 is 18.0 Å². The number of carbonyl (C=O) groups excluding carboxylic acids is 2. The summed E-state index contributed by atoms with van der Waals surface area (Å²) in [6.07, 6.45) is 2.77. The number of aryl methyl sites for hydroxylation is 3. The van der Waals surface area contributed by atoms with Crippen LogP contribution in [-0.4, -0.2) is 50.5 Å². The monoisotopic (exact) mass is 577 g/mol. The first kappa shape index (κ1) is 31.9. The number of sulfonamides is 1. The van der Waals surface area contributed by atoms with Crippen molar-refractivity contribution in [2.75, 3.05) is 23.7 Å². The summed E-state index contributed by atoms with van der Waals surface area (Å²) in [7, 11) is -3.56. The number of nitrogens with zero attached hydrogens (tertiary/aromatic N) is 2. The lowest BCUT2D eigenvalue weighted by atomic mass is 10.0. The average molecular weight is 578 g/mol. The molecule has 1 unspecified atom stereocenters. The molecular weight excluding hydrogens is 534 g/mol. The minimum atomic E-state index is -3.56. The summed E-state index contributed by atoms with van der Waals surface area (Å²) in [4.78, 5) is 29.1. The Kier molecular flexibility index (Phi) is 11.5. The molecule has 8 heteroatoms. The van der Waals surface area contributed by atoms with Crippen LogP contribution < -0.4 is 9.62 Å². The van der Waals surface area contributed by atoms with Gasteiger partial charge in [0.05, 0.1) is 11.9 Å². The van der Waals surface area contributed by atoms with Gasteiger partial charge in [0.1, 0.15) is 6.04 Å². The standard InChI is InChI=1S/C33H43N3O4S/c1-6-20-34-33(38)31(23-28-14-8-7-9-15-28)35(24-29-16-11-10-13-26(29)3)32(37)17-12-21-36(41(5,39)40)30-19-18-25(2)27(4)22-30/h7-11,13-16,18-19,22,31H,6,12,17,20-21,23-24H2,1-5H3,(H,34,38). The van der Waals surface area contributed by atoms with Gasteiger partial charge in [-0.1, -0.05) is 67.6 Å². The molecule has 1 N–H and O–H groups in total. The Morgan fingerprint density at radius 2 is 1.56 bits per heavy atom. The van der Waals surface area contributed by atoms with Gasteiger partial charge in [-0.2, -0.15) is 0 Å². The lowest BCUT2D eigenvalue weighted by molar-refractivity contribution is -0.141. The zero-order valence-corrected chi connectivity index (χ0v) is 25.7. The molecule has 220 valence electrons. The van der Waals surface area contributed by atoms with Crippen molar-refractivity contribution in [3.63, 3.8) is 0 Å². The molecule has 0 spiro atoms. The lowest BCUT2D eigenvalue weighted by Gasteiger charge is -2.32. The van der Waals surface area contributed by atoms with Crippen molar-refractivity contribution in [1.29, 1.82) is 0 Å². The van der Waals surface area contributed by atoms with Crippen LogP contribution in [-0.2, 0) is 32.6 Å². The number of hydrogen-bond acceptors (Lipinski definition) is 4. The predicted octanol–water partition coefficient (Wildman–Crippen LogP) is 5.32. The minimum absolute atomic E-state index is 0.106. The van der Waals surface area contributed by atoms with Crippen molar-refractivity contribution in [1.82, 2.24) is 10.2 Å². The molecule has 3 aromatic carbocycles. The smallest absolute Gasteiger partial charge is 0.243 e. The third kappa shape index (κ3) is 9.18. The van der Waals surface area contributed by atoms with E-state index < -0.39 is 16.1 Å². The first-order valence-corrected chi connectivity index (χ1v) is 16.1. The highest BCUT2D eigenvalue weighted by atomic mass is 32.2. The van der Waals surface area contributed by atoms with Gasteiger partial charge < -0.3 is 10.2 Å². The lowest BCUT2D eigenvalue weighted by Crippen LogP contribution is -2.50. The Morgan fingerprint density at radius 1 is 0.878 bits per heavy atom. The van der Waals surface area contributed by atoms with Gasteiger partial charge in [-0.25, -0.2) is 8.42 Å². The Morgan fingerprint density at radius 3 is 2.20 bits per heavy atom. The Hall–Kier alpha value is -3.65. The van der Waals surface area contributed by atoms with E-state index in [1.807, 2.05) is 94.4 Å². The normalized spacial score (nSPS) is 12.0. The van der Waals surface area contributed by atoms with E-state index in [-0.39, 0.29) is 31.3 Å². The van der Waals surface area contributed by atoms with Gasteiger partial charge in [-0.05, 0) is 73.6 Å². The van der Waals surface area contributed by atoms with Crippen molar-refractivity contribution in [3.05, 3.63) is 101 Å². The summed E-state index contributed by atoms with van der Waals surface area (Å²) >= 11 is 0. The molecule has 2 amide bonds. The average Bonchev–Trinajstić information content (AvgIpc) is 2.94. The van der Waals surface area contributed by atoms with Crippen LogP contribution in [0.15, 0.2) is 72.8 Å². The molecule has 3 rings (SSSR count). The molecule has 0 aromatic heterocycles. The van der Waals surface area contributed by atoms with Crippen LogP contribution in [0.25, 0.3) is 0 Å². The van der Waals surface area contributed by atoms with Gasteiger partial charge in [0.15, 0.2) is 0 Å². The molecular formula is C33H43N3O4S. The van der Waals surface area contributed by atoms with E-state index in [0.29, 0.717) is 25.1 Å². The fourth-order valence-electron chi connectivity index (χ4n) is 4.78. The zero-order valence-electron chi connectivity index (χ0n) is 24.9. The summed E-state index contributed by atoms with van der Waals surface area (Å²) in [5.41, 5.74) is 5.63. The minimum Gasteiger partial charge on any atom is -0.354 e. The molecule has 0 saturated heterocycles. The number of anilines is 1. The second kappa shape index (κ2) is 14.8. The maximum Gasteiger partial charge on any atom is 0.243 e. The van der Waals surface area contributed by atoms with Crippen LogP contribution in [0.1, 0.15) is 54.0 Å². The molecule has 0 bridgehead atoms. The van der Waals surface area contributed by atoms with Gasteiger partial charge in [-0.15, -0.1) is 0 Å². The van der Waals surface area contributed by atoms with Crippen LogP contribution in [0, 0.1) is 20.8 Å². The topological polar surface area (TPSA) is 86.8 Å². The summed E-state index contributed by atoms with van der Waals surface area (Å²) in [6, 6.07) is 22.4. The molecule has 3 aromatic rings. The van der Waals surface area contributed by atoms with E-state index in [1.54, 1.807) is 11.0 Å². The van der Waals surface area contributed by atoms with Crippen LogP contribution >= 0.6 is 0 Å². The summed E-state index contributed by atoms with van der Waals surface area (Å²) in [6.45, 7) is 8.89. The van der Waals surface area contributed by atoms with Crippen LogP contribution in [0.2, 0.25) is 0 Å². The first-order valence-electron chi connectivity index (χ1n) is 14.2. The van der Waals surface area contributed by atoms with Crippen LogP contribution in [0.4, 0.5) is 5.69 Å². The van der Waals surface area contributed by atoms with Crippen molar-refractivity contribution in [2.24, 2.45) is 0 Å². The molecule has 1 atom stereocenters. The Balaban J connectivity index is 1.88. The van der Waals surface area contributed by atoms with Crippen LogP contribution in [0.3, 0.4) is 0 Å². The third-order valence-corrected chi connectivity index (χ3v) is 8.55. The number of benzene rings is 3. The van der Waals surface area contributed by atoms with E-state index in [4.69, 9.17) is 0 Å². The Labute approximate surface area is 245 Å². The fraction of sp³-hybridized carbons (Fsp3) is 0.394. The van der Waals surface area contributed by atoms with Gasteiger partial charge in [0.2, 0.25) is 21.8 Å². The number of rotatable bonds is 14. The SMILES string of the molecule is CCCNC(=O)C(Cc1ccccc1)N(Cc1ccccc1C)C(=O)CCCN(c1ccc(C)c(C)c1)S(C)(=O)=O. The summed E-state index contributed by atoms with van der Waals surface area (Å²) in [5, 5.41) is 2.99.